The molecule has 1 aliphatic carbocycles. The van der Waals surface area contributed by atoms with E-state index in [2.05, 4.69) is 0 Å². The van der Waals surface area contributed by atoms with Gasteiger partial charge in [-0.15, -0.1) is 0 Å². The largest absolute Gasteiger partial charge is 0.344 e. The highest BCUT2D eigenvalue weighted by atomic mass is 16.8. The molecule has 1 saturated heterocycles. The Balaban J connectivity index is 1.68. The predicted molar refractivity (Wildman–Crippen MR) is 78.4 cm³/mol. The van der Waals surface area contributed by atoms with E-state index in [4.69, 9.17) is 9.47 Å². The van der Waals surface area contributed by atoms with E-state index in [-0.39, 0.29) is 30.1 Å². The van der Waals surface area contributed by atoms with Crippen molar-refractivity contribution >= 4 is 11.8 Å². The van der Waals surface area contributed by atoms with Crippen LogP contribution in [0.5, 0.6) is 0 Å². The van der Waals surface area contributed by atoms with Crippen LogP contribution in [-0.4, -0.2) is 40.8 Å². The third-order valence-electron chi connectivity index (χ3n) is 4.75. The molecule has 4 rings (SSSR count). The Kier molecular flexibility index (Phi) is 2.93. The average molecular weight is 301 g/mol. The fraction of sp³-hybridized carbons (Fsp3) is 0.529. The Morgan fingerprint density at radius 1 is 1.05 bits per heavy atom. The van der Waals surface area contributed by atoms with Gasteiger partial charge in [-0.2, -0.15) is 0 Å². The molecule has 2 amide bonds. The van der Waals surface area contributed by atoms with Crippen LogP contribution in [0, 0.1) is 0 Å². The predicted octanol–water partition coefficient (Wildman–Crippen LogP) is 2.36. The van der Waals surface area contributed by atoms with Crippen LogP contribution in [0.25, 0.3) is 0 Å². The molecule has 22 heavy (non-hydrogen) atoms. The number of ether oxygens (including phenoxy) is 2. The molecule has 1 unspecified atom stereocenters. The molecule has 0 radical (unpaired) electrons. The van der Waals surface area contributed by atoms with Gasteiger partial charge in [0.2, 0.25) is 0 Å². The second-order valence-corrected chi connectivity index (χ2v) is 6.66. The number of hydrogen-bond acceptors (Lipinski definition) is 4. The summed E-state index contributed by atoms with van der Waals surface area (Å²) in [6.07, 6.45) is 2.34. The number of nitrogens with zero attached hydrogens (tertiary/aromatic N) is 1. The van der Waals surface area contributed by atoms with Gasteiger partial charge in [-0.05, 0) is 45.2 Å². The van der Waals surface area contributed by atoms with E-state index < -0.39 is 5.79 Å². The number of imide groups is 1. The normalized spacial score (nSPS) is 33.0. The van der Waals surface area contributed by atoms with E-state index in [1.165, 1.54) is 4.90 Å². The molecule has 2 aliphatic heterocycles. The second-order valence-electron chi connectivity index (χ2n) is 6.66. The fourth-order valence-electron chi connectivity index (χ4n) is 3.89. The van der Waals surface area contributed by atoms with Crippen molar-refractivity contribution in [2.75, 3.05) is 0 Å². The molecule has 2 heterocycles. The minimum Gasteiger partial charge on any atom is -0.344 e. The maximum Gasteiger partial charge on any atom is 0.261 e. The standard InChI is InChI=1S/C17H19NO4/c1-17(2)21-13-9-5-8-12(14(13)22-17)18-15(19)10-6-3-4-7-11(10)16(18)20/h3-4,6-7,12-14H,5,8-9H2,1-2H3/t12-,13-,14?/m1/s1. The minimum atomic E-state index is -0.656. The zero-order chi connectivity index (χ0) is 15.5. The molecule has 0 spiro atoms. The summed E-state index contributed by atoms with van der Waals surface area (Å²) in [5.41, 5.74) is 0.987. The van der Waals surface area contributed by atoms with Gasteiger partial charge in [0.25, 0.3) is 11.8 Å². The molecule has 2 fully saturated rings. The van der Waals surface area contributed by atoms with Crippen molar-refractivity contribution in [3.63, 3.8) is 0 Å². The highest BCUT2D eigenvalue weighted by molar-refractivity contribution is 6.21. The zero-order valence-corrected chi connectivity index (χ0v) is 12.7. The lowest BCUT2D eigenvalue weighted by molar-refractivity contribution is -0.148. The molecule has 5 nitrogen and oxygen atoms in total. The number of amides is 2. The highest BCUT2D eigenvalue weighted by Gasteiger charge is 2.52. The quantitative estimate of drug-likeness (QED) is 0.747. The Morgan fingerprint density at radius 2 is 1.68 bits per heavy atom. The van der Waals surface area contributed by atoms with Gasteiger partial charge in [-0.25, -0.2) is 0 Å². The summed E-state index contributed by atoms with van der Waals surface area (Å²) in [5.74, 6) is -1.07. The first-order valence-electron chi connectivity index (χ1n) is 7.80. The van der Waals surface area contributed by atoms with Gasteiger partial charge in [0.05, 0.1) is 23.3 Å². The summed E-state index contributed by atoms with van der Waals surface area (Å²) in [6, 6.07) is 6.76. The van der Waals surface area contributed by atoms with Crippen LogP contribution < -0.4 is 0 Å². The molecule has 5 heteroatoms. The Labute approximate surface area is 129 Å². The van der Waals surface area contributed by atoms with Crippen LogP contribution in [0.15, 0.2) is 24.3 Å². The van der Waals surface area contributed by atoms with Crippen molar-refractivity contribution < 1.29 is 19.1 Å². The van der Waals surface area contributed by atoms with Gasteiger partial charge in [-0.3, -0.25) is 14.5 Å². The van der Waals surface area contributed by atoms with Crippen LogP contribution in [0.4, 0.5) is 0 Å². The Morgan fingerprint density at radius 3 is 2.32 bits per heavy atom. The molecule has 1 aromatic rings. The van der Waals surface area contributed by atoms with Crippen LogP contribution in [0.1, 0.15) is 53.8 Å². The number of hydrogen-bond donors (Lipinski definition) is 0. The maximum absolute atomic E-state index is 12.7. The van der Waals surface area contributed by atoms with E-state index >= 15 is 0 Å². The van der Waals surface area contributed by atoms with E-state index in [1.54, 1.807) is 24.3 Å². The molecule has 0 bridgehead atoms. The maximum atomic E-state index is 12.7. The summed E-state index contributed by atoms with van der Waals surface area (Å²) < 4.78 is 11.9. The lowest BCUT2D eigenvalue weighted by Gasteiger charge is -2.36. The average Bonchev–Trinajstić information content (AvgIpc) is 2.93. The number of carbonyl (C=O) groups is 2. The van der Waals surface area contributed by atoms with Gasteiger partial charge >= 0.3 is 0 Å². The van der Waals surface area contributed by atoms with Gasteiger partial charge in [0, 0.05) is 0 Å². The first-order chi connectivity index (χ1) is 10.5. The molecule has 1 aromatic carbocycles. The van der Waals surface area contributed by atoms with Crippen molar-refractivity contribution in [2.45, 2.75) is 57.1 Å². The number of benzene rings is 1. The Bertz CT molecular complexity index is 619. The topological polar surface area (TPSA) is 55.8 Å². The van der Waals surface area contributed by atoms with Gasteiger partial charge in [-0.1, -0.05) is 12.1 Å². The monoisotopic (exact) mass is 301 g/mol. The van der Waals surface area contributed by atoms with Crippen molar-refractivity contribution in [3.8, 4) is 0 Å². The molecule has 0 N–H and O–H groups in total. The molecular formula is C17H19NO4. The molecule has 116 valence electrons. The van der Waals surface area contributed by atoms with E-state index in [1.807, 2.05) is 13.8 Å². The number of fused-ring (bicyclic) bond motifs is 2. The first kappa shape index (κ1) is 13.9. The van der Waals surface area contributed by atoms with Crippen LogP contribution >= 0.6 is 0 Å². The van der Waals surface area contributed by atoms with Crippen LogP contribution in [0.3, 0.4) is 0 Å². The van der Waals surface area contributed by atoms with Gasteiger partial charge < -0.3 is 9.47 Å². The highest BCUT2D eigenvalue weighted by Crippen LogP contribution is 2.40. The summed E-state index contributed by atoms with van der Waals surface area (Å²) in [7, 11) is 0. The molecule has 3 atom stereocenters. The summed E-state index contributed by atoms with van der Waals surface area (Å²) >= 11 is 0. The van der Waals surface area contributed by atoms with Crippen LogP contribution in [-0.2, 0) is 9.47 Å². The van der Waals surface area contributed by atoms with Crippen molar-refractivity contribution in [1.82, 2.24) is 4.90 Å². The molecule has 1 saturated carbocycles. The van der Waals surface area contributed by atoms with Crippen molar-refractivity contribution in [2.24, 2.45) is 0 Å². The fourth-order valence-corrected chi connectivity index (χ4v) is 3.89. The summed E-state index contributed by atoms with van der Waals surface area (Å²) in [4.78, 5) is 26.7. The molecule has 3 aliphatic rings. The van der Waals surface area contributed by atoms with Gasteiger partial charge in [0.1, 0.15) is 6.10 Å². The van der Waals surface area contributed by atoms with Crippen LogP contribution in [0.2, 0.25) is 0 Å². The van der Waals surface area contributed by atoms with E-state index in [0.29, 0.717) is 11.1 Å². The molecular weight excluding hydrogens is 282 g/mol. The summed E-state index contributed by atoms with van der Waals surface area (Å²) in [5, 5.41) is 0. The Hall–Kier alpha value is -1.72. The van der Waals surface area contributed by atoms with Gasteiger partial charge in [0.15, 0.2) is 5.79 Å². The van der Waals surface area contributed by atoms with E-state index in [9.17, 15) is 9.59 Å². The second kappa shape index (κ2) is 4.64. The van der Waals surface area contributed by atoms with E-state index in [0.717, 1.165) is 19.3 Å². The third-order valence-corrected chi connectivity index (χ3v) is 4.75. The lowest BCUT2D eigenvalue weighted by atomic mass is 9.89. The molecule has 0 aromatic heterocycles. The zero-order valence-electron chi connectivity index (χ0n) is 12.7. The smallest absolute Gasteiger partial charge is 0.261 e. The van der Waals surface area contributed by atoms with Crippen molar-refractivity contribution in [1.29, 1.82) is 0 Å². The first-order valence-corrected chi connectivity index (χ1v) is 7.80. The minimum absolute atomic E-state index is 0.0435. The van der Waals surface area contributed by atoms with Crippen molar-refractivity contribution in [3.05, 3.63) is 35.4 Å². The number of carbonyl (C=O) groups excluding carboxylic acids is 2. The summed E-state index contributed by atoms with van der Waals surface area (Å²) in [6.45, 7) is 3.76. The third kappa shape index (κ3) is 1.92. The lowest BCUT2D eigenvalue weighted by Crippen LogP contribution is -2.52. The number of rotatable bonds is 1. The SMILES string of the molecule is CC1(C)OC2[C@H](N3C(=O)c4ccccc4C3=O)CCC[C@H]2O1.